The van der Waals surface area contributed by atoms with Crippen molar-refractivity contribution in [2.24, 2.45) is 0 Å². The third-order valence-corrected chi connectivity index (χ3v) is 5.48. The highest BCUT2D eigenvalue weighted by molar-refractivity contribution is 9.10. The maximum Gasteiger partial charge on any atom is 0.251 e. The van der Waals surface area contributed by atoms with Crippen molar-refractivity contribution >= 4 is 32.9 Å². The number of halogens is 1. The SMILES string of the molecule is COc1cccc(C(=O)NCCc2nc3ccccc3n2Cc2ccc(Br)cc2)c1. The number of carbonyl (C=O) groups excluding carboxylic acids is 1. The van der Waals surface area contributed by atoms with E-state index in [1.165, 1.54) is 5.56 Å². The lowest BCUT2D eigenvalue weighted by Crippen LogP contribution is -2.26. The van der Waals surface area contributed by atoms with Crippen LogP contribution in [0.2, 0.25) is 0 Å². The van der Waals surface area contributed by atoms with Gasteiger partial charge in [0.05, 0.1) is 18.1 Å². The molecular formula is C24H22BrN3O2. The number of benzene rings is 3. The average molecular weight is 464 g/mol. The molecule has 4 rings (SSSR count). The molecule has 1 N–H and O–H groups in total. The molecule has 3 aromatic carbocycles. The predicted octanol–water partition coefficient (Wildman–Crippen LogP) is 4.83. The van der Waals surface area contributed by atoms with Crippen LogP contribution in [0.15, 0.2) is 77.3 Å². The van der Waals surface area contributed by atoms with Crippen molar-refractivity contribution < 1.29 is 9.53 Å². The Morgan fingerprint density at radius 3 is 2.67 bits per heavy atom. The summed E-state index contributed by atoms with van der Waals surface area (Å²) in [6.45, 7) is 1.23. The third kappa shape index (κ3) is 4.54. The molecule has 0 unspecified atom stereocenters. The monoisotopic (exact) mass is 463 g/mol. The number of amides is 1. The molecule has 1 amide bonds. The van der Waals surface area contributed by atoms with E-state index in [-0.39, 0.29) is 5.91 Å². The van der Waals surface area contributed by atoms with Crippen LogP contribution in [0.3, 0.4) is 0 Å². The number of methoxy groups -OCH3 is 1. The molecule has 4 aromatic rings. The summed E-state index contributed by atoms with van der Waals surface area (Å²) < 4.78 is 8.47. The highest BCUT2D eigenvalue weighted by atomic mass is 79.9. The maximum absolute atomic E-state index is 12.5. The lowest BCUT2D eigenvalue weighted by molar-refractivity contribution is 0.0953. The molecule has 0 spiro atoms. The third-order valence-electron chi connectivity index (χ3n) is 4.95. The molecule has 1 heterocycles. The number of nitrogens with zero attached hydrogens (tertiary/aromatic N) is 2. The zero-order valence-corrected chi connectivity index (χ0v) is 18.2. The van der Waals surface area contributed by atoms with Crippen molar-refractivity contribution in [3.63, 3.8) is 0 Å². The average Bonchev–Trinajstić information content (AvgIpc) is 3.12. The minimum atomic E-state index is -0.121. The molecular weight excluding hydrogens is 442 g/mol. The van der Waals surface area contributed by atoms with Crippen LogP contribution in [0.4, 0.5) is 0 Å². The molecule has 0 saturated heterocycles. The molecule has 0 bridgehead atoms. The van der Waals surface area contributed by atoms with Crippen LogP contribution in [0, 0.1) is 0 Å². The quantitative estimate of drug-likeness (QED) is 0.427. The fraction of sp³-hybridized carbons (Fsp3) is 0.167. The van der Waals surface area contributed by atoms with Gasteiger partial charge in [-0.05, 0) is 48.0 Å². The number of rotatable bonds is 7. The first kappa shape index (κ1) is 20.2. The largest absolute Gasteiger partial charge is 0.497 e. The standard InChI is InChI=1S/C24H22BrN3O2/c1-30-20-6-4-5-18(15-20)24(29)26-14-13-23-27-21-7-2-3-8-22(21)28(23)16-17-9-11-19(25)12-10-17/h2-12,15H,13-14,16H2,1H3,(H,26,29). The summed E-state index contributed by atoms with van der Waals surface area (Å²) in [6.07, 6.45) is 0.640. The van der Waals surface area contributed by atoms with E-state index in [1.54, 1.807) is 19.2 Å². The van der Waals surface area contributed by atoms with E-state index in [0.717, 1.165) is 27.9 Å². The molecule has 0 aliphatic heterocycles. The van der Waals surface area contributed by atoms with Crippen LogP contribution < -0.4 is 10.1 Å². The summed E-state index contributed by atoms with van der Waals surface area (Å²) in [7, 11) is 1.59. The number of imidazole rings is 1. The molecule has 152 valence electrons. The van der Waals surface area contributed by atoms with E-state index < -0.39 is 0 Å². The topological polar surface area (TPSA) is 56.1 Å². The van der Waals surface area contributed by atoms with E-state index in [4.69, 9.17) is 9.72 Å². The molecule has 30 heavy (non-hydrogen) atoms. The number of hydrogen-bond acceptors (Lipinski definition) is 3. The van der Waals surface area contributed by atoms with Crippen LogP contribution in [0.25, 0.3) is 11.0 Å². The van der Waals surface area contributed by atoms with Crippen LogP contribution in [-0.2, 0) is 13.0 Å². The lowest BCUT2D eigenvalue weighted by Gasteiger charge is -2.11. The second-order valence-electron chi connectivity index (χ2n) is 6.97. The zero-order valence-electron chi connectivity index (χ0n) is 16.6. The van der Waals surface area contributed by atoms with Gasteiger partial charge in [-0.15, -0.1) is 0 Å². The van der Waals surface area contributed by atoms with Gasteiger partial charge in [-0.25, -0.2) is 4.98 Å². The Kier molecular flexibility index (Phi) is 6.14. The normalized spacial score (nSPS) is 10.9. The van der Waals surface area contributed by atoms with E-state index in [0.29, 0.717) is 24.3 Å². The van der Waals surface area contributed by atoms with Gasteiger partial charge in [0.15, 0.2) is 0 Å². The molecule has 0 fully saturated rings. The second kappa shape index (κ2) is 9.13. The van der Waals surface area contributed by atoms with Crippen LogP contribution >= 0.6 is 15.9 Å². The Morgan fingerprint density at radius 1 is 1.07 bits per heavy atom. The van der Waals surface area contributed by atoms with Crippen molar-refractivity contribution in [1.29, 1.82) is 0 Å². The van der Waals surface area contributed by atoms with Gasteiger partial charge >= 0.3 is 0 Å². The Hall–Kier alpha value is -3.12. The first-order valence-corrected chi connectivity index (χ1v) is 10.5. The smallest absolute Gasteiger partial charge is 0.251 e. The number of nitrogens with one attached hydrogen (secondary N) is 1. The van der Waals surface area contributed by atoms with E-state index in [2.05, 4.69) is 44.0 Å². The first-order valence-electron chi connectivity index (χ1n) is 9.75. The van der Waals surface area contributed by atoms with Crippen LogP contribution in [0.5, 0.6) is 5.75 Å². The molecule has 0 aliphatic rings. The van der Waals surface area contributed by atoms with Crippen LogP contribution in [0.1, 0.15) is 21.7 Å². The summed E-state index contributed by atoms with van der Waals surface area (Å²) >= 11 is 3.49. The fourth-order valence-electron chi connectivity index (χ4n) is 3.42. The second-order valence-corrected chi connectivity index (χ2v) is 7.88. The van der Waals surface area contributed by atoms with Crippen molar-refractivity contribution in [3.8, 4) is 5.75 Å². The van der Waals surface area contributed by atoms with Gasteiger partial charge in [-0.3, -0.25) is 4.79 Å². The summed E-state index contributed by atoms with van der Waals surface area (Å²) in [5, 5.41) is 2.99. The van der Waals surface area contributed by atoms with Gasteiger partial charge in [0.1, 0.15) is 11.6 Å². The highest BCUT2D eigenvalue weighted by Gasteiger charge is 2.12. The Bertz CT molecular complexity index is 1170. The van der Waals surface area contributed by atoms with E-state index in [1.807, 2.05) is 42.5 Å². The number of carbonyl (C=O) groups is 1. The van der Waals surface area contributed by atoms with Crippen molar-refractivity contribution in [2.75, 3.05) is 13.7 Å². The van der Waals surface area contributed by atoms with Crippen molar-refractivity contribution in [3.05, 3.63) is 94.2 Å². The Morgan fingerprint density at radius 2 is 1.87 bits per heavy atom. The summed E-state index contributed by atoms with van der Waals surface area (Å²) in [5.41, 5.74) is 3.83. The first-order chi connectivity index (χ1) is 14.6. The molecule has 5 nitrogen and oxygen atoms in total. The summed E-state index contributed by atoms with van der Waals surface area (Å²) in [5.74, 6) is 1.49. The van der Waals surface area contributed by atoms with Gasteiger partial charge in [0, 0.05) is 29.5 Å². The zero-order chi connectivity index (χ0) is 20.9. The fourth-order valence-corrected chi connectivity index (χ4v) is 3.68. The number of aromatic nitrogens is 2. The number of fused-ring (bicyclic) bond motifs is 1. The molecule has 1 aromatic heterocycles. The molecule has 6 heteroatoms. The molecule has 0 saturated carbocycles. The van der Waals surface area contributed by atoms with E-state index in [9.17, 15) is 4.79 Å². The highest BCUT2D eigenvalue weighted by Crippen LogP contribution is 2.19. The van der Waals surface area contributed by atoms with Gasteiger partial charge in [0.2, 0.25) is 0 Å². The number of ether oxygens (including phenoxy) is 1. The van der Waals surface area contributed by atoms with Gasteiger partial charge in [-0.1, -0.05) is 46.3 Å². The number of hydrogen-bond donors (Lipinski definition) is 1. The van der Waals surface area contributed by atoms with Crippen LogP contribution in [-0.4, -0.2) is 29.1 Å². The minimum absolute atomic E-state index is 0.121. The van der Waals surface area contributed by atoms with Gasteiger partial charge in [-0.2, -0.15) is 0 Å². The summed E-state index contributed by atoms with van der Waals surface area (Å²) in [4.78, 5) is 17.3. The molecule has 0 atom stereocenters. The number of para-hydroxylation sites is 2. The Labute approximate surface area is 183 Å². The lowest BCUT2D eigenvalue weighted by atomic mass is 10.2. The van der Waals surface area contributed by atoms with Gasteiger partial charge < -0.3 is 14.6 Å². The van der Waals surface area contributed by atoms with Crippen molar-refractivity contribution in [2.45, 2.75) is 13.0 Å². The molecule has 0 aliphatic carbocycles. The maximum atomic E-state index is 12.5. The predicted molar refractivity (Wildman–Crippen MR) is 122 cm³/mol. The Balaban J connectivity index is 1.50. The minimum Gasteiger partial charge on any atom is -0.497 e. The molecule has 0 radical (unpaired) electrons. The van der Waals surface area contributed by atoms with E-state index >= 15 is 0 Å². The summed E-state index contributed by atoms with van der Waals surface area (Å²) in [6, 6.07) is 23.6. The van der Waals surface area contributed by atoms with Gasteiger partial charge in [0.25, 0.3) is 5.91 Å². The van der Waals surface area contributed by atoms with Crippen molar-refractivity contribution in [1.82, 2.24) is 14.9 Å².